The molecule has 0 spiro atoms. The van der Waals surface area contributed by atoms with E-state index in [-0.39, 0.29) is 0 Å². The highest BCUT2D eigenvalue weighted by Crippen LogP contribution is 2.16. The topological polar surface area (TPSA) is 42.3 Å². The van der Waals surface area contributed by atoms with Gasteiger partial charge >= 0.3 is 0 Å². The van der Waals surface area contributed by atoms with Crippen molar-refractivity contribution in [2.75, 3.05) is 25.1 Å². The van der Waals surface area contributed by atoms with Crippen LogP contribution in [0, 0.1) is 0 Å². The maximum absolute atomic E-state index is 6.01. The van der Waals surface area contributed by atoms with Crippen LogP contribution in [0.5, 0.6) is 0 Å². The second kappa shape index (κ2) is 6.47. The fourth-order valence-electron chi connectivity index (χ4n) is 2.38. The summed E-state index contributed by atoms with van der Waals surface area (Å²) in [4.78, 5) is 0. The Balaban J connectivity index is 1.68. The van der Waals surface area contributed by atoms with E-state index in [4.69, 9.17) is 16.3 Å². The van der Waals surface area contributed by atoms with Crippen molar-refractivity contribution in [1.29, 1.82) is 0 Å². The van der Waals surface area contributed by atoms with Gasteiger partial charge in [0.15, 0.2) is 5.82 Å². The summed E-state index contributed by atoms with van der Waals surface area (Å²) in [5.41, 5.74) is 4.29. The Kier molecular flexibility index (Phi) is 4.43. The Hall–Kier alpha value is -1.56. The molecule has 0 aliphatic carbocycles. The predicted octanol–water partition coefficient (Wildman–Crippen LogP) is 2.96. The molecule has 6 heteroatoms. The third-order valence-corrected chi connectivity index (χ3v) is 3.76. The number of nitrogens with one attached hydrogen (secondary N) is 1. The van der Waals surface area contributed by atoms with Gasteiger partial charge in [-0.15, -0.1) is 5.10 Å². The highest BCUT2D eigenvalue weighted by atomic mass is 35.5. The zero-order valence-electron chi connectivity index (χ0n) is 12.0. The lowest BCUT2D eigenvalue weighted by Crippen LogP contribution is -2.45. The lowest BCUT2D eigenvalue weighted by atomic mass is 10.2. The van der Waals surface area contributed by atoms with Crippen molar-refractivity contribution in [3.05, 3.63) is 41.6 Å². The number of hydrazine groups is 1. The summed E-state index contributed by atoms with van der Waals surface area (Å²) < 4.78 is 7.47. The van der Waals surface area contributed by atoms with E-state index in [9.17, 15) is 0 Å². The molecule has 3 rings (SSSR count). The van der Waals surface area contributed by atoms with Crippen LogP contribution in [0.3, 0.4) is 0 Å². The molecule has 1 saturated heterocycles. The molecule has 21 heavy (non-hydrogen) atoms. The molecule has 1 aliphatic heterocycles. The second-order valence-corrected chi connectivity index (χ2v) is 5.52. The van der Waals surface area contributed by atoms with Crippen molar-refractivity contribution >= 4 is 17.4 Å². The van der Waals surface area contributed by atoms with Crippen molar-refractivity contribution in [2.24, 2.45) is 0 Å². The molecule has 1 N–H and O–H groups in total. The second-order valence-electron chi connectivity index (χ2n) is 5.08. The smallest absolute Gasteiger partial charge is 0.162 e. The zero-order valence-corrected chi connectivity index (χ0v) is 12.8. The first-order chi connectivity index (χ1) is 10.2. The predicted molar refractivity (Wildman–Crippen MR) is 83.8 cm³/mol. The van der Waals surface area contributed by atoms with Crippen LogP contribution in [0.4, 0.5) is 5.82 Å². The van der Waals surface area contributed by atoms with Gasteiger partial charge in [-0.2, -0.15) is 0 Å². The summed E-state index contributed by atoms with van der Waals surface area (Å²) in [5, 5.41) is 7.39. The Morgan fingerprint density at radius 2 is 2.33 bits per heavy atom. The Morgan fingerprint density at radius 1 is 1.43 bits per heavy atom. The van der Waals surface area contributed by atoms with Crippen LogP contribution in [0.15, 0.2) is 36.5 Å². The number of aromatic nitrogens is 2. The zero-order chi connectivity index (χ0) is 14.7. The molecule has 1 unspecified atom stereocenters. The number of hydrogen-bond acceptors (Lipinski definition) is 4. The van der Waals surface area contributed by atoms with E-state index >= 15 is 0 Å². The van der Waals surface area contributed by atoms with E-state index in [1.165, 1.54) is 0 Å². The maximum Gasteiger partial charge on any atom is 0.162 e. The number of morpholine rings is 1. The van der Waals surface area contributed by atoms with E-state index in [0.717, 1.165) is 37.6 Å². The van der Waals surface area contributed by atoms with Gasteiger partial charge in [0.05, 0.1) is 18.4 Å². The molecular formula is C15H19ClN4O. The molecule has 2 heterocycles. The molecule has 2 aromatic rings. The average molecular weight is 307 g/mol. The Bertz CT molecular complexity index is 601. The molecule has 0 radical (unpaired) electrons. The van der Waals surface area contributed by atoms with Gasteiger partial charge in [0.2, 0.25) is 0 Å². The minimum atomic E-state index is 0.293. The fraction of sp³-hybridized carbons (Fsp3) is 0.400. The van der Waals surface area contributed by atoms with Gasteiger partial charge in [0.1, 0.15) is 0 Å². The third kappa shape index (κ3) is 3.56. The number of ether oxygens (including phenoxy) is 1. The minimum absolute atomic E-state index is 0.293. The fourth-order valence-corrected chi connectivity index (χ4v) is 2.56. The number of benzene rings is 1. The van der Waals surface area contributed by atoms with Gasteiger partial charge < -0.3 is 10.2 Å². The van der Waals surface area contributed by atoms with Gasteiger partial charge in [-0.05, 0) is 24.6 Å². The lowest BCUT2D eigenvalue weighted by Gasteiger charge is -2.32. The summed E-state index contributed by atoms with van der Waals surface area (Å²) in [5.74, 6) is 0.826. The summed E-state index contributed by atoms with van der Waals surface area (Å²) in [7, 11) is 0. The Morgan fingerprint density at radius 3 is 3.14 bits per heavy atom. The van der Waals surface area contributed by atoms with Gasteiger partial charge in [-0.3, -0.25) is 0 Å². The summed E-state index contributed by atoms with van der Waals surface area (Å²) in [6.45, 7) is 4.63. The van der Waals surface area contributed by atoms with Crippen molar-refractivity contribution in [3.63, 3.8) is 0 Å². The minimum Gasteiger partial charge on any atom is -0.375 e. The first-order valence-corrected chi connectivity index (χ1v) is 7.57. The molecular weight excluding hydrogens is 288 g/mol. The number of rotatable bonds is 4. The summed E-state index contributed by atoms with van der Waals surface area (Å²) >= 11 is 6.01. The van der Waals surface area contributed by atoms with Crippen LogP contribution in [-0.2, 0) is 4.74 Å². The molecule has 1 aromatic carbocycles. The Labute approximate surface area is 129 Å². The van der Waals surface area contributed by atoms with E-state index in [1.807, 2.05) is 41.2 Å². The number of halogens is 1. The third-order valence-electron chi connectivity index (χ3n) is 3.53. The molecule has 0 amide bonds. The van der Waals surface area contributed by atoms with Gasteiger partial charge in [0.25, 0.3) is 0 Å². The van der Waals surface area contributed by atoms with Crippen LogP contribution < -0.4 is 5.43 Å². The van der Waals surface area contributed by atoms with Crippen molar-refractivity contribution < 1.29 is 4.74 Å². The number of hydrogen-bond donors (Lipinski definition) is 1. The number of nitrogens with zero attached hydrogens (tertiary/aromatic N) is 3. The van der Waals surface area contributed by atoms with E-state index in [2.05, 4.69) is 22.5 Å². The summed E-state index contributed by atoms with van der Waals surface area (Å²) in [6, 6.07) is 9.59. The van der Waals surface area contributed by atoms with Crippen LogP contribution in [-0.4, -0.2) is 40.6 Å². The monoisotopic (exact) mass is 306 g/mol. The maximum atomic E-state index is 6.01. The molecule has 1 aliphatic rings. The van der Waals surface area contributed by atoms with Crippen molar-refractivity contribution in [3.8, 4) is 5.69 Å². The molecule has 112 valence electrons. The SMILES string of the molecule is CCC1CN(Nc2ccn(-c3cccc(Cl)c3)n2)CCO1. The normalized spacial score (nSPS) is 19.6. The van der Waals surface area contributed by atoms with Crippen LogP contribution in [0.1, 0.15) is 13.3 Å². The van der Waals surface area contributed by atoms with E-state index in [1.54, 1.807) is 0 Å². The van der Waals surface area contributed by atoms with Crippen LogP contribution in [0.25, 0.3) is 5.69 Å². The standard InChI is InChI=1S/C15H19ClN4O/c1-2-14-11-19(8-9-21-14)17-15-6-7-20(18-15)13-5-3-4-12(16)10-13/h3-7,10,14H,2,8-9,11H2,1H3,(H,17,18). The highest BCUT2D eigenvalue weighted by Gasteiger charge is 2.19. The quantitative estimate of drug-likeness (QED) is 0.943. The van der Waals surface area contributed by atoms with E-state index in [0.29, 0.717) is 11.1 Å². The first-order valence-electron chi connectivity index (χ1n) is 7.19. The molecule has 5 nitrogen and oxygen atoms in total. The van der Waals surface area contributed by atoms with E-state index < -0.39 is 0 Å². The molecule has 0 saturated carbocycles. The van der Waals surface area contributed by atoms with Crippen LogP contribution >= 0.6 is 11.6 Å². The first kappa shape index (κ1) is 14.4. The summed E-state index contributed by atoms with van der Waals surface area (Å²) in [6.07, 6.45) is 3.24. The molecule has 1 aromatic heterocycles. The molecule has 0 bridgehead atoms. The van der Waals surface area contributed by atoms with Crippen molar-refractivity contribution in [1.82, 2.24) is 14.8 Å². The largest absolute Gasteiger partial charge is 0.375 e. The van der Waals surface area contributed by atoms with Gasteiger partial charge in [0, 0.05) is 30.4 Å². The van der Waals surface area contributed by atoms with Gasteiger partial charge in [-0.1, -0.05) is 24.6 Å². The van der Waals surface area contributed by atoms with Crippen LogP contribution in [0.2, 0.25) is 5.02 Å². The molecule has 1 fully saturated rings. The lowest BCUT2D eigenvalue weighted by molar-refractivity contribution is -0.0212. The van der Waals surface area contributed by atoms with Gasteiger partial charge in [-0.25, -0.2) is 9.69 Å². The molecule has 1 atom stereocenters. The van der Waals surface area contributed by atoms with Crippen molar-refractivity contribution in [2.45, 2.75) is 19.4 Å². The highest BCUT2D eigenvalue weighted by molar-refractivity contribution is 6.30. The average Bonchev–Trinajstić information content (AvgIpc) is 2.96. The number of anilines is 1.